The molecule has 1 unspecified atom stereocenters. The first kappa shape index (κ1) is 30.2. The lowest BCUT2D eigenvalue weighted by Crippen LogP contribution is -2.66. The lowest BCUT2D eigenvalue weighted by molar-refractivity contribution is -0.422. The van der Waals surface area contributed by atoms with Gasteiger partial charge < -0.3 is 9.47 Å². The molecule has 1 aliphatic heterocycles. The Balaban J connectivity index is 2.23. The Hall–Kier alpha value is -0.850. The molecule has 0 amide bonds. The quantitative estimate of drug-likeness (QED) is 0.154. The van der Waals surface area contributed by atoms with Gasteiger partial charge in [-0.1, -0.05) is 44.9 Å². The average molecular weight is 510 g/mol. The van der Waals surface area contributed by atoms with Crippen molar-refractivity contribution in [2.75, 3.05) is 13.2 Å². The lowest BCUT2D eigenvalue weighted by atomic mass is 9.94. The molecule has 1 saturated heterocycles. The van der Waals surface area contributed by atoms with Crippen LogP contribution < -0.4 is 0 Å². The highest BCUT2D eigenvalue weighted by Gasteiger charge is 2.86. The third-order valence-electron chi connectivity index (χ3n) is 5.43. The molecule has 198 valence electrons. The van der Waals surface area contributed by atoms with E-state index in [9.17, 15) is 48.3 Å². The van der Waals surface area contributed by atoms with E-state index >= 15 is 0 Å². The fourth-order valence-corrected chi connectivity index (χ4v) is 3.34. The molecular weight excluding hydrogens is 481 g/mol. The first-order valence-corrected chi connectivity index (χ1v) is 10.9. The first-order valence-electron chi connectivity index (χ1n) is 10.9. The van der Waals surface area contributed by atoms with Gasteiger partial charge in [-0.15, -0.1) is 0 Å². The van der Waals surface area contributed by atoms with Gasteiger partial charge in [-0.25, -0.2) is 0 Å². The molecule has 0 radical (unpaired) electrons. The number of ether oxygens (including phenoxy) is 2. The molecule has 0 aromatic heterocycles. The fourth-order valence-electron chi connectivity index (χ4n) is 3.34. The maximum atomic E-state index is 13.5. The van der Waals surface area contributed by atoms with Gasteiger partial charge in [0.25, 0.3) is 0 Å². The van der Waals surface area contributed by atoms with Crippen molar-refractivity contribution in [3.05, 3.63) is 0 Å². The van der Waals surface area contributed by atoms with Crippen molar-refractivity contribution in [3.63, 3.8) is 0 Å². The predicted molar refractivity (Wildman–Crippen MR) is 96.9 cm³/mol. The molecule has 0 aromatic rings. The first-order chi connectivity index (χ1) is 15.1. The molecule has 0 bridgehead atoms. The highest BCUT2D eigenvalue weighted by Crippen LogP contribution is 2.58. The molecule has 0 aliphatic carbocycles. The zero-order valence-corrected chi connectivity index (χ0v) is 18.0. The summed E-state index contributed by atoms with van der Waals surface area (Å²) in [7, 11) is 0. The Bertz CT molecular complexity index is 559. The van der Waals surface area contributed by atoms with Crippen LogP contribution in [0.2, 0.25) is 0 Å². The minimum atomic E-state index is -7.32. The summed E-state index contributed by atoms with van der Waals surface area (Å²) >= 11 is 0. The molecule has 0 aromatic carbocycles. The average Bonchev–Trinajstić information content (AvgIpc) is 3.21. The summed E-state index contributed by atoms with van der Waals surface area (Å²) in [6.07, 6.45) is -3.09. The van der Waals surface area contributed by atoms with Crippen molar-refractivity contribution >= 4 is 0 Å². The van der Waals surface area contributed by atoms with E-state index in [-0.39, 0.29) is 12.7 Å². The van der Waals surface area contributed by atoms with Gasteiger partial charge in [0.15, 0.2) is 6.29 Å². The minimum Gasteiger partial charge on any atom is -0.353 e. The van der Waals surface area contributed by atoms with Crippen molar-refractivity contribution in [2.45, 2.75) is 113 Å². The standard InChI is InChI=1S/C20H29F11O2/c21-16(22,17(23,24)18(25,26)19(27,28)20(29,30)31)12-8-6-4-2-1-3-5-7-9-13-32-15-11-10-14-33-15/h15H,1-14H2. The van der Waals surface area contributed by atoms with Gasteiger partial charge in [-0.05, 0) is 19.3 Å². The molecule has 2 nitrogen and oxygen atoms in total. The van der Waals surface area contributed by atoms with E-state index in [1.165, 1.54) is 0 Å². The maximum Gasteiger partial charge on any atom is 0.460 e. The molecular formula is C20H29F11O2. The van der Waals surface area contributed by atoms with E-state index in [0.717, 1.165) is 44.9 Å². The zero-order chi connectivity index (χ0) is 25.4. The summed E-state index contributed by atoms with van der Waals surface area (Å²) in [5.41, 5.74) is 0. The van der Waals surface area contributed by atoms with Gasteiger partial charge in [-0.3, -0.25) is 0 Å². The SMILES string of the molecule is FC(F)(F)C(F)(F)C(F)(F)C(F)(F)C(F)(F)CCCCCCCCCCCOC1CCCO1. The van der Waals surface area contributed by atoms with Crippen LogP contribution in [0.4, 0.5) is 48.3 Å². The number of rotatable bonds is 16. The van der Waals surface area contributed by atoms with Gasteiger partial charge in [0.05, 0.1) is 0 Å². The van der Waals surface area contributed by atoms with Gasteiger partial charge in [0.1, 0.15) is 0 Å². The summed E-state index contributed by atoms with van der Waals surface area (Å²) in [4.78, 5) is 0. The van der Waals surface area contributed by atoms with E-state index in [4.69, 9.17) is 9.47 Å². The van der Waals surface area contributed by atoms with Crippen molar-refractivity contribution < 1.29 is 57.8 Å². The third-order valence-corrected chi connectivity index (χ3v) is 5.43. The summed E-state index contributed by atoms with van der Waals surface area (Å²) in [6.45, 7) is 1.28. The van der Waals surface area contributed by atoms with Gasteiger partial charge in [-0.2, -0.15) is 48.3 Å². The maximum absolute atomic E-state index is 13.5. The van der Waals surface area contributed by atoms with Crippen molar-refractivity contribution in [1.29, 1.82) is 0 Å². The van der Waals surface area contributed by atoms with Crippen molar-refractivity contribution in [2.24, 2.45) is 0 Å². The smallest absolute Gasteiger partial charge is 0.353 e. The molecule has 1 fully saturated rings. The Labute approximate surface area is 185 Å². The van der Waals surface area contributed by atoms with E-state index in [1.54, 1.807) is 0 Å². The summed E-state index contributed by atoms with van der Waals surface area (Å²) in [6, 6.07) is 0. The molecule has 13 heteroatoms. The normalized spacial score (nSPS) is 18.8. The second-order valence-electron chi connectivity index (χ2n) is 8.17. The molecule has 1 atom stereocenters. The highest BCUT2D eigenvalue weighted by atomic mass is 19.4. The Morgan fingerprint density at radius 3 is 1.55 bits per heavy atom. The van der Waals surface area contributed by atoms with Crippen LogP contribution in [0.5, 0.6) is 0 Å². The Kier molecular flexibility index (Phi) is 11.2. The summed E-state index contributed by atoms with van der Waals surface area (Å²) in [5.74, 6) is -27.2. The molecule has 33 heavy (non-hydrogen) atoms. The van der Waals surface area contributed by atoms with Crippen LogP contribution in [0.25, 0.3) is 0 Å². The number of unbranched alkanes of at least 4 members (excludes halogenated alkanes) is 8. The number of alkyl halides is 11. The second-order valence-corrected chi connectivity index (χ2v) is 8.17. The van der Waals surface area contributed by atoms with E-state index < -0.39 is 42.7 Å². The van der Waals surface area contributed by atoms with Gasteiger partial charge in [0.2, 0.25) is 0 Å². The van der Waals surface area contributed by atoms with E-state index in [2.05, 4.69) is 0 Å². The van der Waals surface area contributed by atoms with Crippen LogP contribution in [-0.4, -0.2) is 49.4 Å². The molecule has 0 spiro atoms. The zero-order valence-electron chi connectivity index (χ0n) is 18.0. The molecule has 0 N–H and O–H groups in total. The summed E-state index contributed by atoms with van der Waals surface area (Å²) < 4.78 is 153. The van der Waals surface area contributed by atoms with Crippen LogP contribution in [0.3, 0.4) is 0 Å². The number of hydrogen-bond donors (Lipinski definition) is 0. The minimum absolute atomic E-state index is 0.0812. The van der Waals surface area contributed by atoms with Gasteiger partial charge >= 0.3 is 29.9 Å². The highest BCUT2D eigenvalue weighted by molar-refractivity contribution is 5.06. The molecule has 1 rings (SSSR count). The largest absolute Gasteiger partial charge is 0.460 e. The van der Waals surface area contributed by atoms with E-state index in [1.807, 2.05) is 0 Å². The topological polar surface area (TPSA) is 18.5 Å². The third kappa shape index (κ3) is 7.83. The Morgan fingerprint density at radius 1 is 0.606 bits per heavy atom. The van der Waals surface area contributed by atoms with Crippen LogP contribution >= 0.6 is 0 Å². The Morgan fingerprint density at radius 2 is 1.09 bits per heavy atom. The number of hydrogen-bond acceptors (Lipinski definition) is 2. The second kappa shape index (κ2) is 12.2. The van der Waals surface area contributed by atoms with Crippen molar-refractivity contribution in [1.82, 2.24) is 0 Å². The van der Waals surface area contributed by atoms with Crippen LogP contribution in [0.15, 0.2) is 0 Å². The number of halogens is 11. The van der Waals surface area contributed by atoms with Gasteiger partial charge in [0, 0.05) is 26.1 Å². The molecule has 0 saturated carbocycles. The van der Waals surface area contributed by atoms with Crippen LogP contribution in [0.1, 0.15) is 77.0 Å². The van der Waals surface area contributed by atoms with E-state index in [0.29, 0.717) is 26.1 Å². The lowest BCUT2D eigenvalue weighted by Gasteiger charge is -2.37. The van der Waals surface area contributed by atoms with Crippen molar-refractivity contribution in [3.8, 4) is 0 Å². The van der Waals surface area contributed by atoms with Crippen LogP contribution in [0, 0.1) is 0 Å². The fraction of sp³-hybridized carbons (Fsp3) is 1.00. The summed E-state index contributed by atoms with van der Waals surface area (Å²) in [5, 5.41) is 0. The molecule has 1 heterocycles. The van der Waals surface area contributed by atoms with Crippen LogP contribution in [-0.2, 0) is 9.47 Å². The predicted octanol–water partition coefficient (Wildman–Crippen LogP) is 8.14. The monoisotopic (exact) mass is 510 g/mol. The molecule has 1 aliphatic rings.